The van der Waals surface area contributed by atoms with Gasteiger partial charge in [0, 0.05) is 24.6 Å². The van der Waals surface area contributed by atoms with Crippen LogP contribution in [0.25, 0.3) is 11.0 Å². The average molecular weight is 277 g/mol. The van der Waals surface area contributed by atoms with Gasteiger partial charge in [-0.2, -0.15) is 0 Å². The molecule has 0 aliphatic rings. The molecule has 0 amide bonds. The molecule has 2 rings (SSSR count). The number of halogens is 1. The molecule has 0 bridgehead atoms. The van der Waals surface area contributed by atoms with Gasteiger partial charge in [-0.1, -0.05) is 13.3 Å². The third kappa shape index (κ3) is 3.57. The van der Waals surface area contributed by atoms with E-state index in [1.54, 1.807) is 0 Å². The number of imidazole rings is 1. The van der Waals surface area contributed by atoms with Crippen molar-refractivity contribution in [3.63, 3.8) is 0 Å². The van der Waals surface area contributed by atoms with E-state index in [1.807, 2.05) is 18.2 Å². The number of benzene rings is 1. The fourth-order valence-electron chi connectivity index (χ4n) is 1.90. The zero-order valence-electron chi connectivity index (χ0n) is 11.7. The number of nitrogens with two attached hydrogens (primary N) is 1. The Bertz CT molecular complexity index is 592. The molecule has 0 atom stereocenters. The summed E-state index contributed by atoms with van der Waals surface area (Å²) in [5, 5.41) is 0. The molecule has 1 heterocycles. The quantitative estimate of drug-likeness (QED) is 0.817. The van der Waals surface area contributed by atoms with E-state index in [9.17, 15) is 4.39 Å². The normalized spacial score (nSPS) is 12.1. The molecule has 0 saturated carbocycles. The van der Waals surface area contributed by atoms with Crippen molar-refractivity contribution < 1.29 is 9.13 Å². The number of nitrogens with one attached hydrogen (secondary N) is 1. The summed E-state index contributed by atoms with van der Waals surface area (Å²) in [4.78, 5) is 7.80. The van der Waals surface area contributed by atoms with Gasteiger partial charge in [-0.15, -0.1) is 0 Å². The number of H-pyrrole nitrogens is 1. The molecule has 2 aromatic rings. The van der Waals surface area contributed by atoms with Crippen LogP contribution in [0, 0.1) is 0 Å². The topological polar surface area (TPSA) is 63.9 Å². The van der Waals surface area contributed by atoms with Crippen LogP contribution in [0.2, 0.25) is 0 Å². The summed E-state index contributed by atoms with van der Waals surface area (Å²) >= 11 is 0. The maximum absolute atomic E-state index is 12.4. The fourth-order valence-corrected chi connectivity index (χ4v) is 1.90. The Morgan fingerprint density at radius 2 is 2.35 bits per heavy atom. The Morgan fingerprint density at radius 3 is 3.05 bits per heavy atom. The third-order valence-electron chi connectivity index (χ3n) is 3.11. The molecule has 0 radical (unpaired) electrons. The van der Waals surface area contributed by atoms with E-state index >= 15 is 0 Å². The smallest absolute Gasteiger partial charge is 0.122 e. The van der Waals surface area contributed by atoms with E-state index in [1.165, 1.54) is 0 Å². The first-order valence-corrected chi connectivity index (χ1v) is 6.86. The first-order valence-electron chi connectivity index (χ1n) is 6.86. The number of aromatic nitrogens is 2. The maximum Gasteiger partial charge on any atom is 0.122 e. The number of unbranched alkanes of at least 4 members (excludes halogenated alkanes) is 1. The van der Waals surface area contributed by atoms with Crippen molar-refractivity contribution >= 4 is 11.0 Å². The highest BCUT2D eigenvalue weighted by molar-refractivity contribution is 5.76. The van der Waals surface area contributed by atoms with Gasteiger partial charge in [0.2, 0.25) is 0 Å². The number of fused-ring (bicyclic) bond motifs is 1. The molecule has 0 fully saturated rings. The molecular weight excluding hydrogens is 257 g/mol. The van der Waals surface area contributed by atoms with E-state index in [0.717, 1.165) is 36.1 Å². The van der Waals surface area contributed by atoms with Gasteiger partial charge in [0.25, 0.3) is 0 Å². The highest BCUT2D eigenvalue weighted by atomic mass is 19.1. The molecule has 5 heteroatoms. The molecule has 20 heavy (non-hydrogen) atoms. The lowest BCUT2D eigenvalue weighted by Crippen LogP contribution is -2.10. The van der Waals surface area contributed by atoms with Gasteiger partial charge in [0.05, 0.1) is 17.4 Å². The minimum atomic E-state index is 0.157. The second-order valence-electron chi connectivity index (χ2n) is 4.73. The molecule has 4 nitrogen and oxygen atoms in total. The third-order valence-corrected chi connectivity index (χ3v) is 3.11. The van der Waals surface area contributed by atoms with Gasteiger partial charge in [0.1, 0.15) is 18.2 Å². The van der Waals surface area contributed by atoms with Crippen molar-refractivity contribution in [3.8, 4) is 5.75 Å². The number of ether oxygens (including phenoxy) is 1. The monoisotopic (exact) mass is 277 g/mol. The van der Waals surface area contributed by atoms with Crippen LogP contribution in [0.1, 0.15) is 25.6 Å². The number of rotatable bonds is 7. The van der Waals surface area contributed by atoms with Crippen LogP contribution in [-0.4, -0.2) is 23.1 Å². The van der Waals surface area contributed by atoms with Crippen LogP contribution in [-0.2, 0) is 6.42 Å². The predicted octanol–water partition coefficient (Wildman–Crippen LogP) is 3.10. The molecule has 0 aliphatic carbocycles. The first kappa shape index (κ1) is 14.5. The minimum Gasteiger partial charge on any atom is -0.489 e. The van der Waals surface area contributed by atoms with Gasteiger partial charge < -0.3 is 15.5 Å². The van der Waals surface area contributed by atoms with E-state index in [2.05, 4.69) is 16.9 Å². The van der Waals surface area contributed by atoms with E-state index in [0.29, 0.717) is 17.7 Å². The van der Waals surface area contributed by atoms with Crippen LogP contribution >= 0.6 is 0 Å². The number of hydrogen-bond donors (Lipinski definition) is 2. The Labute approximate surface area is 117 Å². The van der Waals surface area contributed by atoms with Gasteiger partial charge in [-0.3, -0.25) is 0 Å². The molecule has 0 spiro atoms. The van der Waals surface area contributed by atoms with Crippen molar-refractivity contribution in [1.29, 1.82) is 0 Å². The van der Waals surface area contributed by atoms with Gasteiger partial charge in [-0.05, 0) is 18.6 Å². The molecule has 0 unspecified atom stereocenters. The van der Waals surface area contributed by atoms with Crippen molar-refractivity contribution in [2.24, 2.45) is 5.73 Å². The number of aromatic amines is 1. The number of hydrogen-bond acceptors (Lipinski definition) is 3. The highest BCUT2D eigenvalue weighted by Crippen LogP contribution is 2.20. The molecule has 108 valence electrons. The minimum absolute atomic E-state index is 0.157. The summed E-state index contributed by atoms with van der Waals surface area (Å²) < 4.78 is 17.9. The lowest BCUT2D eigenvalue weighted by Gasteiger charge is -2.06. The SMILES string of the molecule is CCCCc1nc2ccc(OC/C(=C/F)CN)cc2[nH]1. The van der Waals surface area contributed by atoms with Crippen molar-refractivity contribution in [2.45, 2.75) is 26.2 Å². The molecule has 1 aromatic carbocycles. The van der Waals surface area contributed by atoms with Crippen LogP contribution in [0.4, 0.5) is 4.39 Å². The van der Waals surface area contributed by atoms with Gasteiger partial charge in [0.15, 0.2) is 0 Å². The van der Waals surface area contributed by atoms with Crippen molar-refractivity contribution in [3.05, 3.63) is 35.9 Å². The van der Waals surface area contributed by atoms with E-state index in [-0.39, 0.29) is 13.2 Å². The summed E-state index contributed by atoms with van der Waals surface area (Å²) in [6.45, 7) is 2.47. The number of nitrogens with zero attached hydrogens (tertiary/aromatic N) is 1. The Hall–Kier alpha value is -1.88. The maximum atomic E-state index is 12.4. The summed E-state index contributed by atoms with van der Waals surface area (Å²) in [6, 6.07) is 5.61. The van der Waals surface area contributed by atoms with Crippen LogP contribution in [0.15, 0.2) is 30.1 Å². The molecule has 1 aromatic heterocycles. The summed E-state index contributed by atoms with van der Waals surface area (Å²) in [6.07, 6.45) is 3.70. The van der Waals surface area contributed by atoms with Gasteiger partial charge >= 0.3 is 0 Å². The second-order valence-corrected chi connectivity index (χ2v) is 4.73. The van der Waals surface area contributed by atoms with Gasteiger partial charge in [-0.25, -0.2) is 9.37 Å². The number of aryl methyl sites for hydroxylation is 1. The largest absolute Gasteiger partial charge is 0.489 e. The molecular formula is C15H20FN3O. The molecule has 0 aliphatic heterocycles. The standard InChI is InChI=1S/C15H20FN3O/c1-2-3-4-15-18-13-6-5-12(7-14(13)19-15)20-10-11(8-16)9-17/h5-8H,2-4,9-10,17H2,1H3,(H,18,19)/b11-8+. The predicted molar refractivity (Wildman–Crippen MR) is 78.4 cm³/mol. The van der Waals surface area contributed by atoms with Crippen molar-refractivity contribution in [2.75, 3.05) is 13.2 Å². The van der Waals surface area contributed by atoms with Crippen LogP contribution in [0.3, 0.4) is 0 Å². The Balaban J connectivity index is 2.08. The summed E-state index contributed by atoms with van der Waals surface area (Å²) in [7, 11) is 0. The lowest BCUT2D eigenvalue weighted by molar-refractivity contribution is 0.348. The average Bonchev–Trinajstić information content (AvgIpc) is 2.88. The van der Waals surface area contributed by atoms with Crippen LogP contribution in [0.5, 0.6) is 5.75 Å². The molecule has 3 N–H and O–H groups in total. The first-order chi connectivity index (χ1) is 9.76. The zero-order valence-corrected chi connectivity index (χ0v) is 11.7. The van der Waals surface area contributed by atoms with E-state index in [4.69, 9.17) is 10.5 Å². The Morgan fingerprint density at radius 1 is 1.50 bits per heavy atom. The summed E-state index contributed by atoms with van der Waals surface area (Å²) in [5.74, 6) is 1.67. The fraction of sp³-hybridized carbons (Fsp3) is 0.400. The second kappa shape index (κ2) is 7.05. The summed E-state index contributed by atoms with van der Waals surface area (Å²) in [5.41, 5.74) is 7.67. The van der Waals surface area contributed by atoms with E-state index < -0.39 is 0 Å². The Kier molecular flexibility index (Phi) is 5.12. The lowest BCUT2D eigenvalue weighted by atomic mass is 10.2. The molecule has 0 saturated heterocycles. The van der Waals surface area contributed by atoms with Crippen LogP contribution < -0.4 is 10.5 Å². The highest BCUT2D eigenvalue weighted by Gasteiger charge is 2.05. The van der Waals surface area contributed by atoms with Crippen molar-refractivity contribution in [1.82, 2.24) is 9.97 Å². The zero-order chi connectivity index (χ0) is 14.4.